The SMILES string of the molecule is CNC1c2ccccc2-c2cc(NC(=O)CS(=O)(=O)c3ccc4ccccc4c3)ccc21. The van der Waals surface area contributed by atoms with Crippen molar-refractivity contribution in [2.75, 3.05) is 18.1 Å². The number of rotatable bonds is 5. The highest BCUT2D eigenvalue weighted by molar-refractivity contribution is 7.92. The van der Waals surface area contributed by atoms with E-state index in [1.807, 2.05) is 61.6 Å². The minimum absolute atomic E-state index is 0.0965. The summed E-state index contributed by atoms with van der Waals surface area (Å²) in [6.45, 7) is 0. The first-order valence-corrected chi connectivity index (χ1v) is 12.0. The van der Waals surface area contributed by atoms with E-state index in [0.717, 1.165) is 27.5 Å². The highest BCUT2D eigenvalue weighted by atomic mass is 32.2. The van der Waals surface area contributed by atoms with Crippen LogP contribution in [0, 0.1) is 0 Å². The van der Waals surface area contributed by atoms with E-state index in [9.17, 15) is 13.2 Å². The van der Waals surface area contributed by atoms with Crippen molar-refractivity contribution in [3.63, 3.8) is 0 Å². The molecule has 1 unspecified atom stereocenters. The fourth-order valence-corrected chi connectivity index (χ4v) is 5.57. The molecule has 0 spiro atoms. The lowest BCUT2D eigenvalue weighted by Gasteiger charge is -2.13. The van der Waals surface area contributed by atoms with Gasteiger partial charge in [0, 0.05) is 5.69 Å². The van der Waals surface area contributed by atoms with Crippen LogP contribution in [0.2, 0.25) is 0 Å². The van der Waals surface area contributed by atoms with Crippen LogP contribution >= 0.6 is 0 Å². The van der Waals surface area contributed by atoms with Crippen LogP contribution in [0.25, 0.3) is 21.9 Å². The predicted octanol–water partition coefficient (Wildman–Crippen LogP) is 4.54. The van der Waals surface area contributed by atoms with E-state index in [1.54, 1.807) is 18.2 Å². The Morgan fingerprint density at radius 2 is 1.53 bits per heavy atom. The molecule has 1 aliphatic carbocycles. The number of nitrogens with one attached hydrogen (secondary N) is 2. The minimum Gasteiger partial charge on any atom is -0.325 e. The summed E-state index contributed by atoms with van der Waals surface area (Å²) in [7, 11) is -1.85. The number of amides is 1. The second-order valence-electron chi connectivity index (χ2n) is 7.93. The predicted molar refractivity (Wildman–Crippen MR) is 127 cm³/mol. The van der Waals surface area contributed by atoms with Crippen molar-refractivity contribution in [3.05, 3.63) is 96.1 Å². The van der Waals surface area contributed by atoms with Crippen molar-refractivity contribution in [1.82, 2.24) is 5.32 Å². The van der Waals surface area contributed by atoms with Crippen molar-refractivity contribution < 1.29 is 13.2 Å². The average molecular weight is 443 g/mol. The Balaban J connectivity index is 1.38. The molecule has 0 aliphatic heterocycles. The molecule has 4 aromatic carbocycles. The van der Waals surface area contributed by atoms with Crippen LogP contribution in [0.15, 0.2) is 89.8 Å². The number of fused-ring (bicyclic) bond motifs is 4. The van der Waals surface area contributed by atoms with Crippen LogP contribution in [0.4, 0.5) is 5.69 Å². The van der Waals surface area contributed by atoms with Gasteiger partial charge in [-0.2, -0.15) is 0 Å². The Morgan fingerprint density at radius 3 is 2.34 bits per heavy atom. The molecule has 0 heterocycles. The minimum atomic E-state index is -3.77. The zero-order valence-corrected chi connectivity index (χ0v) is 18.3. The van der Waals surface area contributed by atoms with Gasteiger partial charge in [-0.25, -0.2) is 8.42 Å². The third-order valence-electron chi connectivity index (χ3n) is 5.90. The van der Waals surface area contributed by atoms with E-state index >= 15 is 0 Å². The van der Waals surface area contributed by atoms with Gasteiger partial charge in [0.25, 0.3) is 0 Å². The zero-order valence-electron chi connectivity index (χ0n) is 17.5. The normalized spacial score (nSPS) is 14.7. The van der Waals surface area contributed by atoms with E-state index in [-0.39, 0.29) is 10.9 Å². The molecule has 0 radical (unpaired) electrons. The molecule has 32 heavy (non-hydrogen) atoms. The van der Waals surface area contributed by atoms with Gasteiger partial charge in [-0.15, -0.1) is 0 Å². The molecule has 5 rings (SSSR count). The summed E-state index contributed by atoms with van der Waals surface area (Å²) in [5, 5.41) is 7.87. The van der Waals surface area contributed by atoms with Crippen LogP contribution < -0.4 is 10.6 Å². The number of hydrogen-bond donors (Lipinski definition) is 2. The summed E-state index contributed by atoms with van der Waals surface area (Å²) >= 11 is 0. The third-order valence-corrected chi connectivity index (χ3v) is 7.51. The number of sulfone groups is 1. The van der Waals surface area contributed by atoms with Crippen molar-refractivity contribution in [2.24, 2.45) is 0 Å². The lowest BCUT2D eigenvalue weighted by atomic mass is 10.0. The van der Waals surface area contributed by atoms with Gasteiger partial charge in [-0.3, -0.25) is 4.79 Å². The lowest BCUT2D eigenvalue weighted by molar-refractivity contribution is -0.113. The van der Waals surface area contributed by atoms with E-state index < -0.39 is 21.5 Å². The molecule has 0 bridgehead atoms. The molecule has 1 atom stereocenters. The molecule has 4 aromatic rings. The largest absolute Gasteiger partial charge is 0.325 e. The first-order chi connectivity index (χ1) is 15.5. The van der Waals surface area contributed by atoms with Gasteiger partial charge < -0.3 is 10.6 Å². The highest BCUT2D eigenvalue weighted by Gasteiger charge is 2.27. The summed E-state index contributed by atoms with van der Waals surface area (Å²) in [5.74, 6) is -1.17. The Kier molecular flexibility index (Phi) is 5.04. The maximum absolute atomic E-state index is 12.8. The van der Waals surface area contributed by atoms with Gasteiger partial charge in [-0.1, -0.05) is 60.7 Å². The Hall–Kier alpha value is -3.48. The number of carbonyl (C=O) groups excluding carboxylic acids is 1. The molecule has 0 saturated heterocycles. The number of hydrogen-bond acceptors (Lipinski definition) is 4. The highest BCUT2D eigenvalue weighted by Crippen LogP contribution is 2.44. The second-order valence-corrected chi connectivity index (χ2v) is 9.92. The maximum Gasteiger partial charge on any atom is 0.239 e. The standard InChI is InChI=1S/C26H22N2O3S/c1-27-26-22-9-5-4-8-21(22)24-15-19(11-13-23(24)26)28-25(29)16-32(30,31)20-12-10-17-6-2-3-7-18(17)14-20/h2-15,26-27H,16H2,1H3,(H,28,29). The molecule has 0 fully saturated rings. The average Bonchev–Trinajstić information content (AvgIpc) is 3.11. The van der Waals surface area contributed by atoms with Crippen LogP contribution in [0.1, 0.15) is 17.2 Å². The number of benzene rings is 4. The molecule has 2 N–H and O–H groups in total. The Bertz CT molecular complexity index is 1460. The van der Waals surface area contributed by atoms with Gasteiger partial charge in [0.05, 0.1) is 10.9 Å². The van der Waals surface area contributed by atoms with Gasteiger partial charge >= 0.3 is 0 Å². The molecule has 1 aliphatic rings. The van der Waals surface area contributed by atoms with Gasteiger partial charge in [0.2, 0.25) is 5.91 Å². The molecule has 1 amide bonds. The first-order valence-electron chi connectivity index (χ1n) is 10.4. The van der Waals surface area contributed by atoms with E-state index in [0.29, 0.717) is 5.69 Å². The van der Waals surface area contributed by atoms with Gasteiger partial charge in [-0.05, 0) is 64.3 Å². The summed E-state index contributed by atoms with van der Waals surface area (Å²) in [5.41, 5.74) is 5.05. The van der Waals surface area contributed by atoms with Crippen molar-refractivity contribution in [2.45, 2.75) is 10.9 Å². The van der Waals surface area contributed by atoms with Gasteiger partial charge in [0.1, 0.15) is 5.75 Å². The molecule has 5 nitrogen and oxygen atoms in total. The van der Waals surface area contributed by atoms with Gasteiger partial charge in [0.15, 0.2) is 9.84 Å². The van der Waals surface area contributed by atoms with E-state index in [1.165, 1.54) is 5.56 Å². The molecule has 0 saturated carbocycles. The fraction of sp³-hybridized carbons (Fsp3) is 0.115. The summed E-state index contributed by atoms with van der Waals surface area (Å²) in [6.07, 6.45) is 0. The molecule has 0 aromatic heterocycles. The first kappa shape index (κ1) is 20.4. The smallest absolute Gasteiger partial charge is 0.239 e. The second kappa shape index (κ2) is 7.89. The quantitative estimate of drug-likeness (QED) is 0.476. The van der Waals surface area contributed by atoms with Crippen LogP contribution in [-0.2, 0) is 14.6 Å². The molecular weight excluding hydrogens is 420 g/mol. The maximum atomic E-state index is 12.8. The van der Waals surface area contributed by atoms with Crippen molar-refractivity contribution in [1.29, 1.82) is 0 Å². The third kappa shape index (κ3) is 3.57. The summed E-state index contributed by atoms with van der Waals surface area (Å²) in [4.78, 5) is 12.8. The van der Waals surface area contributed by atoms with Crippen LogP contribution in [0.3, 0.4) is 0 Å². The lowest BCUT2D eigenvalue weighted by Crippen LogP contribution is -2.23. The van der Waals surface area contributed by atoms with Crippen molar-refractivity contribution in [3.8, 4) is 11.1 Å². The van der Waals surface area contributed by atoms with Crippen molar-refractivity contribution >= 4 is 32.2 Å². The Morgan fingerprint density at radius 1 is 0.812 bits per heavy atom. The molecule has 6 heteroatoms. The Labute approximate surface area is 187 Å². The van der Waals surface area contributed by atoms with E-state index in [4.69, 9.17) is 0 Å². The molecule has 160 valence electrons. The summed E-state index contributed by atoms with van der Waals surface area (Å²) in [6, 6.07) is 26.4. The summed E-state index contributed by atoms with van der Waals surface area (Å²) < 4.78 is 25.7. The van der Waals surface area contributed by atoms with Crippen LogP contribution in [0.5, 0.6) is 0 Å². The van der Waals surface area contributed by atoms with Crippen LogP contribution in [-0.4, -0.2) is 27.1 Å². The number of carbonyl (C=O) groups is 1. The molecular formula is C26H22N2O3S. The van der Waals surface area contributed by atoms with E-state index in [2.05, 4.69) is 22.8 Å². The topological polar surface area (TPSA) is 75.3 Å². The monoisotopic (exact) mass is 442 g/mol. The fourth-order valence-electron chi connectivity index (χ4n) is 4.41. The number of anilines is 1. The zero-order chi connectivity index (χ0) is 22.3.